The van der Waals surface area contributed by atoms with E-state index in [2.05, 4.69) is 72.2 Å². The molecule has 0 aromatic carbocycles. The minimum atomic E-state index is -4.51. The Morgan fingerprint density at radius 1 is 0.821 bits per heavy atom. The first-order chi connectivity index (χ1) is 18.6. The molecule has 2 unspecified atom stereocenters. The summed E-state index contributed by atoms with van der Waals surface area (Å²) in [5.74, 6) is -0.423. The highest BCUT2D eigenvalue weighted by molar-refractivity contribution is 7.45. The quantitative estimate of drug-likeness (QED) is 0.0515. The van der Waals surface area contributed by atoms with E-state index < -0.39 is 26.5 Å². The second-order valence-corrected chi connectivity index (χ2v) is 11.6. The van der Waals surface area contributed by atoms with E-state index in [1.807, 2.05) is 21.1 Å². The Hall–Kier alpha value is -1.80. The number of likely N-dealkylation sites (N-methyl/N-ethyl adjacent to an activating group) is 1. The fraction of sp³-hybridized carbons (Fsp3) is 0.633. The molecule has 0 amide bonds. The number of phosphoric ester groups is 1. The van der Waals surface area contributed by atoms with Crippen LogP contribution in [0.2, 0.25) is 0 Å². The zero-order chi connectivity index (χ0) is 29.2. The molecule has 0 aromatic heterocycles. The van der Waals surface area contributed by atoms with Gasteiger partial charge in [-0.1, -0.05) is 74.1 Å². The van der Waals surface area contributed by atoms with Crippen LogP contribution in [0.25, 0.3) is 0 Å². The van der Waals surface area contributed by atoms with E-state index in [9.17, 15) is 19.4 Å². The molecule has 2 atom stereocenters. The average Bonchev–Trinajstić information content (AvgIpc) is 2.86. The third kappa shape index (κ3) is 29.0. The smallest absolute Gasteiger partial charge is 0.305 e. The lowest BCUT2D eigenvalue weighted by atomic mass is 10.1. The molecule has 0 fully saturated rings. The van der Waals surface area contributed by atoms with Gasteiger partial charge in [-0.05, 0) is 51.4 Å². The molecular weight excluding hydrogens is 517 g/mol. The third-order valence-electron chi connectivity index (χ3n) is 5.28. The summed E-state index contributed by atoms with van der Waals surface area (Å²) in [6.07, 6.45) is 29.3. The van der Waals surface area contributed by atoms with Crippen molar-refractivity contribution in [2.45, 2.75) is 77.2 Å². The van der Waals surface area contributed by atoms with Crippen LogP contribution < -0.4 is 4.89 Å². The van der Waals surface area contributed by atoms with Gasteiger partial charge in [0, 0.05) is 6.42 Å². The van der Waals surface area contributed by atoms with E-state index in [0.717, 1.165) is 51.4 Å². The molecule has 224 valence electrons. The minimum Gasteiger partial charge on any atom is -0.756 e. The van der Waals surface area contributed by atoms with Crippen molar-refractivity contribution in [2.24, 2.45) is 0 Å². The monoisotopic (exact) mass is 569 g/mol. The van der Waals surface area contributed by atoms with Crippen molar-refractivity contribution in [3.8, 4) is 0 Å². The first-order valence-electron chi connectivity index (χ1n) is 14.0. The maximum atomic E-state index is 11.8. The Bertz CT molecular complexity index is 813. The van der Waals surface area contributed by atoms with Crippen molar-refractivity contribution in [3.63, 3.8) is 0 Å². The van der Waals surface area contributed by atoms with Gasteiger partial charge >= 0.3 is 5.97 Å². The maximum Gasteiger partial charge on any atom is 0.305 e. The molecule has 39 heavy (non-hydrogen) atoms. The van der Waals surface area contributed by atoms with Gasteiger partial charge in [0.15, 0.2) is 0 Å². The molecule has 0 saturated heterocycles. The van der Waals surface area contributed by atoms with Crippen LogP contribution >= 0.6 is 7.82 Å². The SMILES string of the molecule is CC/C=C\C/C=C\C/C=C\C/C=C\C/C=C\CCCCCC(=O)OCC(O)COP(=O)([O-])OCC[N+](C)(C)C. The highest BCUT2D eigenvalue weighted by atomic mass is 31.2. The summed E-state index contributed by atoms with van der Waals surface area (Å²) in [6, 6.07) is 0. The molecule has 0 rings (SSSR count). The molecule has 8 nitrogen and oxygen atoms in total. The van der Waals surface area contributed by atoms with Crippen LogP contribution in [0.5, 0.6) is 0 Å². The molecule has 0 radical (unpaired) electrons. The second-order valence-electron chi connectivity index (χ2n) is 10.2. The predicted molar refractivity (Wildman–Crippen MR) is 157 cm³/mol. The fourth-order valence-corrected chi connectivity index (χ4v) is 3.76. The lowest BCUT2D eigenvalue weighted by molar-refractivity contribution is -0.870. The number of carbonyl (C=O) groups excluding carboxylic acids is 1. The van der Waals surface area contributed by atoms with Crippen molar-refractivity contribution in [3.05, 3.63) is 60.8 Å². The summed E-state index contributed by atoms with van der Waals surface area (Å²) in [6.45, 7) is 1.76. The highest BCUT2D eigenvalue weighted by Crippen LogP contribution is 2.38. The molecule has 9 heteroatoms. The largest absolute Gasteiger partial charge is 0.756 e. The van der Waals surface area contributed by atoms with Gasteiger partial charge in [0.1, 0.15) is 25.9 Å². The van der Waals surface area contributed by atoms with Crippen LogP contribution in [0.1, 0.15) is 71.1 Å². The van der Waals surface area contributed by atoms with Crippen LogP contribution in [-0.2, 0) is 23.1 Å². The molecule has 0 bridgehead atoms. The summed E-state index contributed by atoms with van der Waals surface area (Å²) in [5.41, 5.74) is 0. The number of rotatable bonds is 24. The van der Waals surface area contributed by atoms with E-state index in [1.54, 1.807) is 0 Å². The van der Waals surface area contributed by atoms with E-state index in [4.69, 9.17) is 9.26 Å². The molecule has 0 saturated carbocycles. The molecule has 0 aliphatic heterocycles. The van der Waals surface area contributed by atoms with Gasteiger partial charge in [-0.2, -0.15) is 0 Å². The third-order valence-corrected chi connectivity index (χ3v) is 6.25. The fourth-order valence-electron chi connectivity index (χ4n) is 3.03. The number of aliphatic hydroxyl groups is 1. The number of hydrogen-bond donors (Lipinski definition) is 1. The molecule has 1 N–H and O–H groups in total. The van der Waals surface area contributed by atoms with Gasteiger partial charge in [-0.15, -0.1) is 0 Å². The van der Waals surface area contributed by atoms with Crippen molar-refractivity contribution < 1.29 is 37.6 Å². The Balaban J connectivity index is 3.71. The Morgan fingerprint density at radius 3 is 1.90 bits per heavy atom. The van der Waals surface area contributed by atoms with E-state index in [-0.39, 0.29) is 19.6 Å². The summed E-state index contributed by atoms with van der Waals surface area (Å²) < 4.78 is 26.7. The first-order valence-corrected chi connectivity index (χ1v) is 15.5. The summed E-state index contributed by atoms with van der Waals surface area (Å²) in [7, 11) is 1.22. The van der Waals surface area contributed by atoms with E-state index >= 15 is 0 Å². The number of phosphoric acid groups is 1. The molecule has 0 aromatic rings. The summed E-state index contributed by atoms with van der Waals surface area (Å²) >= 11 is 0. The predicted octanol–water partition coefficient (Wildman–Crippen LogP) is 5.80. The summed E-state index contributed by atoms with van der Waals surface area (Å²) in [4.78, 5) is 23.5. The standard InChI is InChI=1S/C30H52NO7P/c1-5-6-7-8-9-10-11-12-13-14-15-16-17-18-19-20-21-22-23-24-30(33)36-27-29(32)28-38-39(34,35)37-26-25-31(2,3)4/h6-7,9-10,12-13,15-16,18-19,29,32H,5,8,11,14,17,20-28H2,1-4H3/b7-6-,10-9-,13-12-,16-15-,19-18-. The molecular formula is C30H52NO7P. The number of nitrogens with zero attached hydrogens (tertiary/aromatic N) is 1. The van der Waals surface area contributed by atoms with Gasteiger partial charge in [0.05, 0.1) is 27.7 Å². The van der Waals surface area contributed by atoms with Gasteiger partial charge in [0.25, 0.3) is 7.82 Å². The van der Waals surface area contributed by atoms with E-state index in [0.29, 0.717) is 17.4 Å². The number of ether oxygens (including phenoxy) is 1. The number of allylic oxidation sites excluding steroid dienone is 10. The molecule has 0 spiro atoms. The highest BCUT2D eigenvalue weighted by Gasteiger charge is 2.16. The van der Waals surface area contributed by atoms with Crippen molar-refractivity contribution in [1.82, 2.24) is 0 Å². The number of hydrogen-bond acceptors (Lipinski definition) is 7. The zero-order valence-electron chi connectivity index (χ0n) is 24.5. The Morgan fingerprint density at radius 2 is 1.36 bits per heavy atom. The maximum absolute atomic E-state index is 11.8. The van der Waals surface area contributed by atoms with Crippen LogP contribution in [0.15, 0.2) is 60.8 Å². The second kappa shape index (κ2) is 24.0. The molecule has 0 heterocycles. The van der Waals surface area contributed by atoms with Crippen LogP contribution in [-0.4, -0.2) is 69.2 Å². The number of carbonyl (C=O) groups is 1. The van der Waals surface area contributed by atoms with Gasteiger partial charge < -0.3 is 28.3 Å². The van der Waals surface area contributed by atoms with Crippen molar-refractivity contribution in [1.29, 1.82) is 0 Å². The van der Waals surface area contributed by atoms with Crippen molar-refractivity contribution >= 4 is 13.8 Å². The zero-order valence-corrected chi connectivity index (χ0v) is 25.4. The lowest BCUT2D eigenvalue weighted by Crippen LogP contribution is -2.37. The minimum absolute atomic E-state index is 0.0174. The average molecular weight is 570 g/mol. The van der Waals surface area contributed by atoms with Crippen molar-refractivity contribution in [2.75, 3.05) is 47.5 Å². The van der Waals surface area contributed by atoms with Gasteiger partial charge in [0.2, 0.25) is 0 Å². The van der Waals surface area contributed by atoms with Crippen LogP contribution in [0, 0.1) is 0 Å². The van der Waals surface area contributed by atoms with Crippen LogP contribution in [0.3, 0.4) is 0 Å². The number of aliphatic hydroxyl groups excluding tert-OH is 1. The normalized spacial score (nSPS) is 15.3. The topological polar surface area (TPSA) is 105 Å². The van der Waals surface area contributed by atoms with Gasteiger partial charge in [-0.25, -0.2) is 0 Å². The Kier molecular flexibility index (Phi) is 22.9. The lowest BCUT2D eigenvalue weighted by Gasteiger charge is -2.27. The summed E-state index contributed by atoms with van der Waals surface area (Å²) in [5, 5.41) is 9.81. The van der Waals surface area contributed by atoms with E-state index in [1.165, 1.54) is 0 Å². The van der Waals surface area contributed by atoms with Gasteiger partial charge in [-0.3, -0.25) is 9.36 Å². The molecule has 0 aliphatic rings. The first kappa shape index (κ1) is 37.2. The van der Waals surface area contributed by atoms with Crippen LogP contribution in [0.4, 0.5) is 0 Å². The Labute approximate surface area is 236 Å². The number of unbranched alkanes of at least 4 members (excludes halogenated alkanes) is 3. The number of quaternary nitrogens is 1. The number of esters is 1. The molecule has 0 aliphatic carbocycles.